The highest BCUT2D eigenvalue weighted by atomic mass is 32.2. The van der Waals surface area contributed by atoms with Gasteiger partial charge in [-0.3, -0.25) is 14.5 Å². The minimum absolute atomic E-state index is 0.0523. The Bertz CT molecular complexity index is 1590. The van der Waals surface area contributed by atoms with Crippen LogP contribution >= 0.6 is 0 Å². The van der Waals surface area contributed by atoms with Gasteiger partial charge in [0.2, 0.25) is 10.0 Å². The SMILES string of the molecule is CCS(=O)(=O)Nc1ccc(C(=O)Nc2ccc(-c3ccncc3)c(N3CCC(F)(F)CC3)c2)c(N2CCC3(CC2)CC3)c1. The Kier molecular flexibility index (Phi) is 7.78. The van der Waals surface area contributed by atoms with Crippen LogP contribution in [0.1, 0.15) is 55.8 Å². The molecule has 228 valence electrons. The second kappa shape index (κ2) is 11.4. The summed E-state index contributed by atoms with van der Waals surface area (Å²) in [6.45, 7) is 3.59. The maximum Gasteiger partial charge on any atom is 0.257 e. The van der Waals surface area contributed by atoms with Crippen molar-refractivity contribution in [2.75, 3.05) is 51.8 Å². The van der Waals surface area contributed by atoms with Gasteiger partial charge < -0.3 is 15.1 Å². The van der Waals surface area contributed by atoms with Gasteiger partial charge in [0.15, 0.2) is 0 Å². The third-order valence-corrected chi connectivity index (χ3v) is 10.4. The van der Waals surface area contributed by atoms with Gasteiger partial charge in [0.05, 0.1) is 22.7 Å². The van der Waals surface area contributed by atoms with Crippen LogP contribution in [-0.4, -0.2) is 57.2 Å². The Morgan fingerprint density at radius 3 is 2.09 bits per heavy atom. The lowest BCUT2D eigenvalue weighted by Crippen LogP contribution is -2.39. The predicted octanol–water partition coefficient (Wildman–Crippen LogP) is 6.38. The van der Waals surface area contributed by atoms with Gasteiger partial charge in [-0.25, -0.2) is 17.2 Å². The largest absolute Gasteiger partial charge is 0.371 e. The summed E-state index contributed by atoms with van der Waals surface area (Å²) in [5.74, 6) is -3.05. The molecule has 0 unspecified atom stereocenters. The zero-order valence-electron chi connectivity index (χ0n) is 24.3. The van der Waals surface area contributed by atoms with Crippen molar-refractivity contribution in [1.29, 1.82) is 0 Å². The highest BCUT2D eigenvalue weighted by molar-refractivity contribution is 7.92. The van der Waals surface area contributed by atoms with Gasteiger partial charge in [-0.15, -0.1) is 0 Å². The molecule has 0 bridgehead atoms. The number of piperidine rings is 2. The first kappa shape index (κ1) is 29.3. The van der Waals surface area contributed by atoms with Crippen LogP contribution in [0.15, 0.2) is 60.9 Å². The van der Waals surface area contributed by atoms with Crippen molar-refractivity contribution in [2.45, 2.75) is 51.4 Å². The number of carbonyl (C=O) groups is 1. The molecule has 3 heterocycles. The first-order valence-corrected chi connectivity index (χ1v) is 16.6. The van der Waals surface area contributed by atoms with Gasteiger partial charge in [0.1, 0.15) is 0 Å². The lowest BCUT2D eigenvalue weighted by molar-refractivity contribution is -0.0220. The van der Waals surface area contributed by atoms with E-state index in [1.54, 1.807) is 37.5 Å². The minimum atomic E-state index is -3.48. The molecule has 1 aliphatic carbocycles. The molecular formula is C32H37F2N5O3S. The molecule has 43 heavy (non-hydrogen) atoms. The average Bonchev–Trinajstić information content (AvgIpc) is 3.76. The summed E-state index contributed by atoms with van der Waals surface area (Å²) in [6, 6.07) is 14.3. The van der Waals surface area contributed by atoms with E-state index in [1.165, 1.54) is 12.8 Å². The summed E-state index contributed by atoms with van der Waals surface area (Å²) in [4.78, 5) is 22.0. The number of alkyl halides is 2. The van der Waals surface area contributed by atoms with Crippen LogP contribution in [-0.2, 0) is 10.0 Å². The monoisotopic (exact) mass is 609 g/mol. The summed E-state index contributed by atoms with van der Waals surface area (Å²) < 4.78 is 55.2. The summed E-state index contributed by atoms with van der Waals surface area (Å²) in [6.07, 6.45) is 7.52. The Morgan fingerprint density at radius 1 is 0.837 bits per heavy atom. The van der Waals surface area contributed by atoms with Gasteiger partial charge >= 0.3 is 0 Å². The second-order valence-corrected chi connectivity index (χ2v) is 14.0. The third-order valence-electron chi connectivity index (χ3n) is 9.10. The quantitative estimate of drug-likeness (QED) is 0.308. The molecule has 2 N–H and O–H groups in total. The molecule has 1 saturated carbocycles. The van der Waals surface area contributed by atoms with Gasteiger partial charge in [0.25, 0.3) is 11.8 Å². The van der Waals surface area contributed by atoms with Crippen LogP contribution in [0.4, 0.5) is 31.5 Å². The van der Waals surface area contributed by atoms with Crippen LogP contribution < -0.4 is 19.8 Å². The Balaban J connectivity index is 1.30. The summed E-state index contributed by atoms with van der Waals surface area (Å²) >= 11 is 0. The van der Waals surface area contributed by atoms with E-state index < -0.39 is 15.9 Å². The average molecular weight is 610 g/mol. The van der Waals surface area contributed by atoms with E-state index in [0.717, 1.165) is 42.7 Å². The number of anilines is 4. The van der Waals surface area contributed by atoms with Crippen LogP contribution in [0.25, 0.3) is 11.1 Å². The molecule has 11 heteroatoms. The van der Waals surface area contributed by atoms with E-state index in [-0.39, 0.29) is 37.6 Å². The summed E-state index contributed by atoms with van der Waals surface area (Å²) in [5.41, 5.74) is 5.10. The van der Waals surface area contributed by atoms with Gasteiger partial charge in [-0.2, -0.15) is 0 Å². The molecule has 0 radical (unpaired) electrons. The highest BCUT2D eigenvalue weighted by Gasteiger charge is 2.44. The molecule has 2 aromatic carbocycles. The second-order valence-electron chi connectivity index (χ2n) is 12.0. The molecule has 3 aliphatic rings. The fourth-order valence-electron chi connectivity index (χ4n) is 6.12. The van der Waals surface area contributed by atoms with Crippen LogP contribution in [0.5, 0.6) is 0 Å². The van der Waals surface area contributed by atoms with Crippen molar-refractivity contribution in [2.24, 2.45) is 5.41 Å². The maximum atomic E-state index is 14.0. The topological polar surface area (TPSA) is 94.6 Å². The van der Waals surface area contributed by atoms with E-state index in [1.807, 2.05) is 35.2 Å². The fourth-order valence-corrected chi connectivity index (χ4v) is 6.75. The van der Waals surface area contributed by atoms with E-state index >= 15 is 0 Å². The Hall–Kier alpha value is -3.73. The fraction of sp³-hybridized carbons (Fsp3) is 0.438. The first-order chi connectivity index (χ1) is 20.6. The number of aromatic nitrogens is 1. The minimum Gasteiger partial charge on any atom is -0.371 e. The Labute approximate surface area is 251 Å². The number of hydrogen-bond acceptors (Lipinski definition) is 6. The van der Waals surface area contributed by atoms with Crippen molar-refractivity contribution in [3.63, 3.8) is 0 Å². The molecule has 1 amide bonds. The maximum absolute atomic E-state index is 14.0. The lowest BCUT2D eigenvalue weighted by atomic mass is 9.93. The van der Waals surface area contributed by atoms with E-state index in [0.29, 0.717) is 28.0 Å². The van der Waals surface area contributed by atoms with Crippen molar-refractivity contribution >= 4 is 38.7 Å². The number of hydrogen-bond donors (Lipinski definition) is 2. The summed E-state index contributed by atoms with van der Waals surface area (Å²) in [7, 11) is -3.48. The molecule has 1 aromatic heterocycles. The number of amides is 1. The third kappa shape index (κ3) is 6.61. The number of pyridine rings is 1. The lowest BCUT2D eigenvalue weighted by Gasteiger charge is -2.35. The normalized spacial score (nSPS) is 19.2. The number of rotatable bonds is 8. The zero-order valence-corrected chi connectivity index (χ0v) is 25.1. The smallest absolute Gasteiger partial charge is 0.257 e. The number of sulfonamides is 1. The molecule has 6 rings (SSSR count). The molecule has 0 atom stereocenters. The van der Waals surface area contributed by atoms with E-state index in [9.17, 15) is 22.0 Å². The highest BCUT2D eigenvalue weighted by Crippen LogP contribution is 2.54. The van der Waals surface area contributed by atoms with Gasteiger partial charge in [-0.05, 0) is 86.1 Å². The van der Waals surface area contributed by atoms with Crippen molar-refractivity contribution < 1.29 is 22.0 Å². The van der Waals surface area contributed by atoms with Gasteiger partial charge in [-0.1, -0.05) is 6.07 Å². The number of nitrogens with zero attached hydrogens (tertiary/aromatic N) is 3. The van der Waals surface area contributed by atoms with E-state index in [2.05, 4.69) is 19.9 Å². The Morgan fingerprint density at radius 2 is 1.44 bits per heavy atom. The molecule has 2 aliphatic heterocycles. The van der Waals surface area contributed by atoms with Crippen LogP contribution in [0.2, 0.25) is 0 Å². The number of benzene rings is 2. The molecular weight excluding hydrogens is 572 g/mol. The first-order valence-electron chi connectivity index (χ1n) is 14.9. The van der Waals surface area contributed by atoms with Crippen molar-refractivity contribution in [3.8, 4) is 11.1 Å². The van der Waals surface area contributed by atoms with Crippen LogP contribution in [0.3, 0.4) is 0 Å². The van der Waals surface area contributed by atoms with Crippen molar-refractivity contribution in [1.82, 2.24) is 4.98 Å². The molecule has 3 aromatic rings. The summed E-state index contributed by atoms with van der Waals surface area (Å²) in [5, 5.41) is 3.03. The van der Waals surface area contributed by atoms with Crippen LogP contribution in [0, 0.1) is 5.41 Å². The predicted molar refractivity (Wildman–Crippen MR) is 167 cm³/mol. The number of carbonyl (C=O) groups excluding carboxylic acids is 1. The van der Waals surface area contributed by atoms with Gasteiger partial charge in [0, 0.05) is 68.4 Å². The molecule has 2 saturated heterocycles. The molecule has 1 spiro atoms. The number of halogens is 2. The standard InChI is InChI=1S/C32H37F2N5O3S/c1-2-43(41,42)37-25-4-6-27(29(22-25)38-17-11-31(9-10-31)12-18-38)30(40)36-24-3-5-26(23-7-15-35-16-8-23)28(21-24)39-19-13-32(33,34)14-20-39/h3-8,15-16,21-22,37H,2,9-14,17-20H2,1H3,(H,36,40). The molecule has 3 fully saturated rings. The zero-order chi connectivity index (χ0) is 30.2. The van der Waals surface area contributed by atoms with E-state index in [4.69, 9.17) is 0 Å². The van der Waals surface area contributed by atoms with Crippen molar-refractivity contribution in [3.05, 3.63) is 66.5 Å². The molecule has 8 nitrogen and oxygen atoms in total. The number of nitrogens with one attached hydrogen (secondary N) is 2.